The van der Waals surface area contributed by atoms with Crippen molar-refractivity contribution in [3.63, 3.8) is 0 Å². The van der Waals surface area contributed by atoms with Crippen LogP contribution in [0.3, 0.4) is 0 Å². The molecule has 2 N–H and O–H groups in total. The summed E-state index contributed by atoms with van der Waals surface area (Å²) in [6.07, 6.45) is 1.44. The first kappa shape index (κ1) is 20.4. The third-order valence-corrected chi connectivity index (χ3v) is 7.05. The van der Waals surface area contributed by atoms with Gasteiger partial charge >= 0.3 is 0 Å². The van der Waals surface area contributed by atoms with Crippen LogP contribution < -0.4 is 9.44 Å². The van der Waals surface area contributed by atoms with Crippen molar-refractivity contribution >= 4 is 37.3 Å². The number of anilines is 1. The van der Waals surface area contributed by atoms with Gasteiger partial charge in [-0.2, -0.15) is 0 Å². The fraction of sp³-hybridized carbons (Fsp3) is 0.111. The van der Waals surface area contributed by atoms with Gasteiger partial charge in [0.15, 0.2) is 0 Å². The van der Waals surface area contributed by atoms with Gasteiger partial charge in [-0.25, -0.2) is 21.6 Å². The van der Waals surface area contributed by atoms with Crippen LogP contribution in [0.2, 0.25) is 5.02 Å². The van der Waals surface area contributed by atoms with Gasteiger partial charge in [0.25, 0.3) is 10.0 Å². The Morgan fingerprint density at radius 3 is 2.43 bits per heavy atom. The molecule has 148 valence electrons. The maximum atomic E-state index is 12.6. The predicted molar refractivity (Wildman–Crippen MR) is 106 cm³/mol. The highest BCUT2D eigenvalue weighted by atomic mass is 35.5. The second-order valence-electron chi connectivity index (χ2n) is 5.97. The van der Waals surface area contributed by atoms with E-state index in [9.17, 15) is 16.8 Å². The lowest BCUT2D eigenvalue weighted by Crippen LogP contribution is -2.23. The Balaban J connectivity index is 1.82. The van der Waals surface area contributed by atoms with Crippen LogP contribution >= 0.6 is 11.6 Å². The van der Waals surface area contributed by atoms with E-state index < -0.39 is 20.0 Å². The van der Waals surface area contributed by atoms with Crippen LogP contribution in [0.4, 0.5) is 5.69 Å². The molecule has 0 spiro atoms. The molecule has 0 unspecified atom stereocenters. The van der Waals surface area contributed by atoms with E-state index in [1.165, 1.54) is 42.7 Å². The van der Waals surface area contributed by atoms with Crippen LogP contribution in [0.5, 0.6) is 0 Å². The summed E-state index contributed by atoms with van der Waals surface area (Å²) in [5.41, 5.74) is 0.914. The molecule has 0 fully saturated rings. The van der Waals surface area contributed by atoms with E-state index in [0.29, 0.717) is 5.76 Å². The van der Waals surface area contributed by atoms with Gasteiger partial charge in [0.05, 0.1) is 28.4 Å². The summed E-state index contributed by atoms with van der Waals surface area (Å²) in [5.74, 6) is 0.453. The molecular weight excluding hydrogens is 424 g/mol. The van der Waals surface area contributed by atoms with E-state index in [1.807, 2.05) is 0 Å². The smallest absolute Gasteiger partial charge is 0.263 e. The van der Waals surface area contributed by atoms with Crippen molar-refractivity contribution in [3.8, 4) is 0 Å². The highest BCUT2D eigenvalue weighted by molar-refractivity contribution is 7.93. The van der Waals surface area contributed by atoms with Gasteiger partial charge in [-0.3, -0.25) is 4.72 Å². The maximum absolute atomic E-state index is 12.6. The lowest BCUT2D eigenvalue weighted by atomic mass is 10.2. The number of sulfonamides is 2. The van der Waals surface area contributed by atoms with Gasteiger partial charge in [0, 0.05) is 0 Å². The molecule has 1 aromatic heterocycles. The van der Waals surface area contributed by atoms with Crippen LogP contribution in [0.1, 0.15) is 11.3 Å². The van der Waals surface area contributed by atoms with Gasteiger partial charge in [0.2, 0.25) is 10.0 Å². The Morgan fingerprint density at radius 2 is 1.75 bits per heavy atom. The molecule has 3 aromatic rings. The van der Waals surface area contributed by atoms with Crippen molar-refractivity contribution in [2.75, 3.05) is 4.72 Å². The molecule has 0 atom stereocenters. The van der Waals surface area contributed by atoms with Gasteiger partial charge in [0.1, 0.15) is 10.7 Å². The average Bonchev–Trinajstić information content (AvgIpc) is 3.13. The Bertz CT molecular complexity index is 1190. The van der Waals surface area contributed by atoms with Gasteiger partial charge in [-0.1, -0.05) is 23.7 Å². The van der Waals surface area contributed by atoms with Crippen LogP contribution in [-0.2, 0) is 26.6 Å². The molecule has 0 amide bonds. The number of benzene rings is 2. The number of nitrogens with one attached hydrogen (secondary N) is 2. The summed E-state index contributed by atoms with van der Waals surface area (Å²) >= 11 is 6.04. The summed E-state index contributed by atoms with van der Waals surface area (Å²) in [6, 6.07) is 13.3. The van der Waals surface area contributed by atoms with Crippen molar-refractivity contribution in [1.29, 1.82) is 0 Å². The average molecular weight is 441 g/mol. The number of halogens is 1. The Labute approximate surface area is 168 Å². The molecule has 0 saturated carbocycles. The van der Waals surface area contributed by atoms with Crippen LogP contribution in [0, 0.1) is 6.92 Å². The summed E-state index contributed by atoms with van der Waals surface area (Å²) < 4.78 is 60.0. The first-order valence-corrected chi connectivity index (χ1v) is 11.4. The van der Waals surface area contributed by atoms with Crippen molar-refractivity contribution in [3.05, 3.63) is 77.2 Å². The topological polar surface area (TPSA) is 105 Å². The lowest BCUT2D eigenvalue weighted by Gasteiger charge is -2.11. The molecule has 0 aliphatic rings. The zero-order valence-electron chi connectivity index (χ0n) is 14.7. The van der Waals surface area contributed by atoms with E-state index in [4.69, 9.17) is 16.0 Å². The number of aryl methyl sites for hydroxylation is 1. The molecule has 7 nitrogen and oxygen atoms in total. The van der Waals surface area contributed by atoms with Gasteiger partial charge < -0.3 is 4.42 Å². The van der Waals surface area contributed by atoms with Crippen molar-refractivity contribution in [2.45, 2.75) is 23.3 Å². The number of hydrogen-bond donors (Lipinski definition) is 2. The molecule has 2 aromatic carbocycles. The minimum atomic E-state index is -3.98. The standard InChI is InChI=1S/C18H17ClN2O5S2/c1-13-7-8-18(17(19)10-13)28(24,25)21-14-4-2-6-16(11-14)27(22,23)20-12-15-5-3-9-26-15/h2-11,20-21H,12H2,1H3. The third-order valence-electron chi connectivity index (χ3n) is 3.79. The molecular formula is C18H17ClN2O5S2. The molecule has 0 aliphatic heterocycles. The zero-order valence-corrected chi connectivity index (χ0v) is 17.1. The molecule has 10 heteroatoms. The SMILES string of the molecule is Cc1ccc(S(=O)(=O)Nc2cccc(S(=O)(=O)NCc3ccco3)c2)c(Cl)c1. The number of rotatable bonds is 7. The zero-order chi connectivity index (χ0) is 20.4. The molecule has 0 bridgehead atoms. The molecule has 0 radical (unpaired) electrons. The highest BCUT2D eigenvalue weighted by Crippen LogP contribution is 2.25. The maximum Gasteiger partial charge on any atom is 0.263 e. The monoisotopic (exact) mass is 440 g/mol. The van der Waals surface area contributed by atoms with E-state index in [0.717, 1.165) is 5.56 Å². The summed E-state index contributed by atoms with van der Waals surface area (Å²) in [5, 5.41) is 0.0800. The largest absolute Gasteiger partial charge is 0.468 e. The Kier molecular flexibility index (Phi) is 5.80. The Hall–Kier alpha value is -2.33. The molecule has 1 heterocycles. The van der Waals surface area contributed by atoms with Gasteiger partial charge in [-0.05, 0) is 55.0 Å². The highest BCUT2D eigenvalue weighted by Gasteiger charge is 2.20. The summed E-state index contributed by atoms with van der Waals surface area (Å²) in [4.78, 5) is -0.182. The molecule has 0 saturated heterocycles. The lowest BCUT2D eigenvalue weighted by molar-refractivity contribution is 0.498. The molecule has 3 rings (SSSR count). The molecule has 28 heavy (non-hydrogen) atoms. The summed E-state index contributed by atoms with van der Waals surface area (Å²) in [6.45, 7) is 1.77. The molecule has 0 aliphatic carbocycles. The second-order valence-corrected chi connectivity index (χ2v) is 9.80. The Morgan fingerprint density at radius 1 is 0.964 bits per heavy atom. The normalized spacial score (nSPS) is 12.1. The fourth-order valence-corrected chi connectivity index (χ4v) is 5.11. The van der Waals surface area contributed by atoms with E-state index in [1.54, 1.807) is 25.1 Å². The van der Waals surface area contributed by atoms with Crippen LogP contribution in [-0.4, -0.2) is 16.8 Å². The summed E-state index contributed by atoms with van der Waals surface area (Å²) in [7, 11) is -7.85. The first-order chi connectivity index (χ1) is 13.2. The minimum absolute atomic E-state index is 0.0235. The van der Waals surface area contributed by atoms with Crippen molar-refractivity contribution < 1.29 is 21.3 Å². The fourth-order valence-electron chi connectivity index (χ4n) is 2.42. The number of hydrogen-bond acceptors (Lipinski definition) is 5. The van der Waals surface area contributed by atoms with Gasteiger partial charge in [-0.15, -0.1) is 0 Å². The second kappa shape index (κ2) is 7.96. The van der Waals surface area contributed by atoms with Crippen molar-refractivity contribution in [2.24, 2.45) is 0 Å². The van der Waals surface area contributed by atoms with E-state index in [-0.39, 0.29) is 27.0 Å². The van der Waals surface area contributed by atoms with E-state index in [2.05, 4.69) is 9.44 Å². The first-order valence-electron chi connectivity index (χ1n) is 8.08. The third kappa shape index (κ3) is 4.74. The number of furan rings is 1. The van der Waals surface area contributed by atoms with Crippen molar-refractivity contribution in [1.82, 2.24) is 4.72 Å². The quantitative estimate of drug-likeness (QED) is 0.584. The predicted octanol–water partition coefficient (Wildman–Crippen LogP) is 3.52. The van der Waals surface area contributed by atoms with Crippen LogP contribution in [0.15, 0.2) is 75.1 Å². The van der Waals surface area contributed by atoms with Crippen LogP contribution in [0.25, 0.3) is 0 Å². The van der Waals surface area contributed by atoms with E-state index >= 15 is 0 Å². The minimum Gasteiger partial charge on any atom is -0.468 e.